The van der Waals surface area contributed by atoms with Crippen LogP contribution in [0.15, 0.2) is 0 Å². The van der Waals surface area contributed by atoms with Gasteiger partial charge in [0, 0.05) is 11.8 Å². The molecule has 5 rings (SSSR count). The summed E-state index contributed by atoms with van der Waals surface area (Å²) in [6.45, 7) is 11.3. The monoisotopic (exact) mass is 348 g/mol. The number of rotatable bonds is 0. The predicted molar refractivity (Wildman–Crippen MR) is 96.9 cm³/mol. The summed E-state index contributed by atoms with van der Waals surface area (Å²) in [5.74, 6) is 1.57. The molecule has 1 N–H and O–H groups in total. The number of aliphatic hydroxyl groups is 1. The van der Waals surface area contributed by atoms with Crippen molar-refractivity contribution in [2.24, 2.45) is 39.9 Å². The van der Waals surface area contributed by atoms with E-state index in [0.29, 0.717) is 30.0 Å². The molecule has 3 heteroatoms. The van der Waals surface area contributed by atoms with Gasteiger partial charge in [-0.3, -0.25) is 0 Å². The molecule has 1 saturated heterocycles. The van der Waals surface area contributed by atoms with E-state index < -0.39 is 5.79 Å². The minimum absolute atomic E-state index is 0.179. The Labute approximate surface area is 152 Å². The smallest absolute Gasteiger partial charge is 0.176 e. The Morgan fingerprint density at radius 2 is 1.72 bits per heavy atom. The van der Waals surface area contributed by atoms with E-state index in [-0.39, 0.29) is 17.4 Å². The quantitative estimate of drug-likeness (QED) is 0.706. The first-order chi connectivity index (χ1) is 11.8. The number of hydrogen-bond donors (Lipinski definition) is 1. The molecule has 1 aliphatic heterocycles. The zero-order valence-electron chi connectivity index (χ0n) is 16.5. The van der Waals surface area contributed by atoms with Crippen molar-refractivity contribution in [3.63, 3.8) is 0 Å². The van der Waals surface area contributed by atoms with Gasteiger partial charge >= 0.3 is 0 Å². The van der Waals surface area contributed by atoms with Crippen LogP contribution < -0.4 is 0 Å². The summed E-state index contributed by atoms with van der Waals surface area (Å²) in [5.41, 5.74) is 0.972. The van der Waals surface area contributed by atoms with Gasteiger partial charge < -0.3 is 14.6 Å². The van der Waals surface area contributed by atoms with Crippen molar-refractivity contribution in [2.75, 3.05) is 13.2 Å². The lowest BCUT2D eigenvalue weighted by molar-refractivity contribution is -0.388. The van der Waals surface area contributed by atoms with Crippen LogP contribution in [0.25, 0.3) is 0 Å². The molecule has 142 valence electrons. The Balaban J connectivity index is 1.64. The van der Waals surface area contributed by atoms with Gasteiger partial charge in [-0.1, -0.05) is 34.1 Å². The summed E-state index contributed by atoms with van der Waals surface area (Å²) < 4.78 is 12.7. The molecule has 7 atom stereocenters. The number of hydrogen-bond acceptors (Lipinski definition) is 3. The van der Waals surface area contributed by atoms with Gasteiger partial charge in [0.2, 0.25) is 0 Å². The predicted octanol–water partition coefficient (Wildman–Crippen LogP) is 4.38. The summed E-state index contributed by atoms with van der Waals surface area (Å²) in [5, 5.41) is 11.0. The molecule has 2 unspecified atom stereocenters. The van der Waals surface area contributed by atoms with E-state index in [1.165, 1.54) is 38.5 Å². The lowest BCUT2D eigenvalue weighted by atomic mass is 9.29. The van der Waals surface area contributed by atoms with Gasteiger partial charge in [-0.05, 0) is 66.6 Å². The van der Waals surface area contributed by atoms with Crippen molar-refractivity contribution < 1.29 is 14.6 Å². The van der Waals surface area contributed by atoms with Gasteiger partial charge in [-0.2, -0.15) is 0 Å². The Kier molecular flexibility index (Phi) is 3.42. The fourth-order valence-corrected chi connectivity index (χ4v) is 9.02. The number of ether oxygens (including phenoxy) is 2. The molecule has 2 spiro atoms. The van der Waals surface area contributed by atoms with Gasteiger partial charge in [-0.25, -0.2) is 0 Å². The second-order valence-electron chi connectivity index (χ2n) is 10.9. The molecule has 0 bridgehead atoms. The standard InChI is InChI=1S/C22H36O3/c1-14-12-15-6-7-17-19(2,3)8-5-9-20(17,4)21(15)13-16(23)18(21)22(14)24-10-11-25-22/h14-18,23H,5-13H2,1-4H3/t14?,15-,16?,17-,18-,20-,21+/m0/s1. The highest BCUT2D eigenvalue weighted by Gasteiger charge is 2.78. The molecule has 0 aromatic heterocycles. The van der Waals surface area contributed by atoms with Crippen LogP contribution in [0.3, 0.4) is 0 Å². The van der Waals surface area contributed by atoms with Crippen molar-refractivity contribution >= 4 is 0 Å². The van der Waals surface area contributed by atoms with E-state index in [9.17, 15) is 5.11 Å². The molecule has 0 aromatic rings. The first-order valence-corrected chi connectivity index (χ1v) is 10.7. The van der Waals surface area contributed by atoms with Gasteiger partial charge in [0.05, 0.1) is 19.3 Å². The first kappa shape index (κ1) is 17.0. The lowest BCUT2D eigenvalue weighted by Gasteiger charge is -2.77. The molecule has 4 aliphatic carbocycles. The molecule has 5 fully saturated rings. The highest BCUT2D eigenvalue weighted by atomic mass is 16.7. The van der Waals surface area contributed by atoms with Crippen LogP contribution in [0, 0.1) is 39.9 Å². The maximum atomic E-state index is 11.0. The van der Waals surface area contributed by atoms with E-state index in [0.717, 1.165) is 18.3 Å². The zero-order valence-corrected chi connectivity index (χ0v) is 16.5. The Morgan fingerprint density at radius 1 is 1.00 bits per heavy atom. The molecular weight excluding hydrogens is 312 g/mol. The van der Waals surface area contributed by atoms with Crippen LogP contribution in [0.2, 0.25) is 0 Å². The van der Waals surface area contributed by atoms with Crippen LogP contribution in [0.4, 0.5) is 0 Å². The zero-order chi connectivity index (χ0) is 17.7. The fourth-order valence-electron chi connectivity index (χ4n) is 9.02. The van der Waals surface area contributed by atoms with Crippen LogP contribution in [-0.2, 0) is 9.47 Å². The van der Waals surface area contributed by atoms with Crippen LogP contribution in [0.1, 0.15) is 72.6 Å². The highest BCUT2D eigenvalue weighted by molar-refractivity contribution is 5.24. The first-order valence-electron chi connectivity index (χ1n) is 10.7. The minimum atomic E-state index is -0.513. The third-order valence-electron chi connectivity index (χ3n) is 9.81. The Hall–Kier alpha value is -0.120. The lowest BCUT2D eigenvalue weighted by Crippen LogP contribution is -2.77. The third-order valence-corrected chi connectivity index (χ3v) is 9.81. The molecule has 25 heavy (non-hydrogen) atoms. The Morgan fingerprint density at radius 3 is 2.40 bits per heavy atom. The van der Waals surface area contributed by atoms with E-state index in [1.54, 1.807) is 0 Å². The molecule has 1 heterocycles. The summed E-state index contributed by atoms with van der Waals surface area (Å²) >= 11 is 0. The highest BCUT2D eigenvalue weighted by Crippen LogP contribution is 2.79. The normalized spacial score (nSPS) is 55.8. The average molecular weight is 349 g/mol. The van der Waals surface area contributed by atoms with E-state index in [4.69, 9.17) is 9.47 Å². The average Bonchev–Trinajstić information content (AvgIpc) is 2.98. The van der Waals surface area contributed by atoms with Gasteiger partial charge in [0.15, 0.2) is 5.79 Å². The molecule has 3 nitrogen and oxygen atoms in total. The maximum absolute atomic E-state index is 11.0. The summed E-state index contributed by atoms with van der Waals surface area (Å²) in [6.07, 6.45) is 8.68. The van der Waals surface area contributed by atoms with Crippen LogP contribution in [0.5, 0.6) is 0 Å². The minimum Gasteiger partial charge on any atom is -0.393 e. The second kappa shape index (κ2) is 5.02. The summed E-state index contributed by atoms with van der Waals surface area (Å²) in [4.78, 5) is 0. The van der Waals surface area contributed by atoms with Crippen molar-refractivity contribution in [3.05, 3.63) is 0 Å². The summed E-state index contributed by atoms with van der Waals surface area (Å²) in [7, 11) is 0. The van der Waals surface area contributed by atoms with E-state index in [2.05, 4.69) is 27.7 Å². The van der Waals surface area contributed by atoms with E-state index in [1.807, 2.05) is 0 Å². The molecule has 0 radical (unpaired) electrons. The topological polar surface area (TPSA) is 38.7 Å². The number of aliphatic hydroxyl groups excluding tert-OH is 1. The van der Waals surface area contributed by atoms with Gasteiger partial charge in [-0.15, -0.1) is 0 Å². The SMILES string of the molecule is CC1C[C@@H]2CC[C@H]3C(C)(C)CCC[C@]3(C)[C@]23CC(O)[C@@H]3C12OCCO2. The van der Waals surface area contributed by atoms with Crippen molar-refractivity contribution in [2.45, 2.75) is 84.5 Å². The molecule has 0 amide bonds. The van der Waals surface area contributed by atoms with E-state index >= 15 is 0 Å². The van der Waals surface area contributed by atoms with Crippen molar-refractivity contribution in [3.8, 4) is 0 Å². The molecular formula is C22H36O3. The third kappa shape index (κ3) is 1.79. The van der Waals surface area contributed by atoms with Gasteiger partial charge in [0.25, 0.3) is 0 Å². The van der Waals surface area contributed by atoms with Gasteiger partial charge in [0.1, 0.15) is 0 Å². The second-order valence-corrected chi connectivity index (χ2v) is 10.9. The fraction of sp³-hybridized carbons (Fsp3) is 1.00. The molecule has 4 saturated carbocycles. The largest absolute Gasteiger partial charge is 0.393 e. The maximum Gasteiger partial charge on any atom is 0.176 e. The van der Waals surface area contributed by atoms with Crippen molar-refractivity contribution in [1.29, 1.82) is 0 Å². The van der Waals surface area contributed by atoms with Crippen molar-refractivity contribution in [1.82, 2.24) is 0 Å². The molecule has 0 aromatic carbocycles. The molecule has 5 aliphatic rings. The van der Waals surface area contributed by atoms with Crippen LogP contribution >= 0.6 is 0 Å². The Bertz CT molecular complexity index is 566. The van der Waals surface area contributed by atoms with Crippen LogP contribution in [-0.4, -0.2) is 30.2 Å². The number of fused-ring (bicyclic) bond motifs is 2. The summed E-state index contributed by atoms with van der Waals surface area (Å²) in [6, 6.07) is 0.